The van der Waals surface area contributed by atoms with E-state index in [1.165, 1.54) is 216 Å². The number of aliphatic hydroxyl groups excluding tert-OH is 5. The van der Waals surface area contributed by atoms with Crippen LogP contribution in [0.1, 0.15) is 186 Å². The first-order valence-electron chi connectivity index (χ1n) is 45.1. The minimum Gasteiger partial charge on any atom is -0.512 e. The molecule has 15 aromatic rings. The molecule has 0 saturated heterocycles. The Kier molecular flexibility index (Phi) is 55.0. The monoisotopic (exact) mass is 2780 g/mol. The molecule has 0 spiro atoms. The molecule has 20 heteroatoms. The molecular formula is C121H132Ir5N5O10-5. The van der Waals surface area contributed by atoms with Gasteiger partial charge in [-0.2, -0.15) is 0 Å². The Labute approximate surface area is 903 Å². The van der Waals surface area contributed by atoms with Crippen LogP contribution in [0.2, 0.25) is 0 Å². The van der Waals surface area contributed by atoms with Crippen molar-refractivity contribution >= 4 is 83.4 Å². The fourth-order valence-electron chi connectivity index (χ4n) is 15.5. The molecule has 0 saturated carbocycles. The summed E-state index contributed by atoms with van der Waals surface area (Å²) < 4.78 is 0. The molecule has 751 valence electrons. The van der Waals surface area contributed by atoms with E-state index in [4.69, 9.17) is 50.5 Å². The van der Waals surface area contributed by atoms with Crippen molar-refractivity contribution < 1.29 is 150 Å². The molecule has 5 heterocycles. The van der Waals surface area contributed by atoms with Gasteiger partial charge in [-0.1, -0.05) is 165 Å². The van der Waals surface area contributed by atoms with Crippen LogP contribution in [0, 0.1) is 176 Å². The summed E-state index contributed by atoms with van der Waals surface area (Å²) in [4.78, 5) is 74.3. The Bertz CT molecular complexity index is 6760. The molecule has 15 nitrogen and oxygen atoms in total. The van der Waals surface area contributed by atoms with E-state index in [1.807, 2.05) is 6.07 Å². The van der Waals surface area contributed by atoms with Gasteiger partial charge in [0.1, 0.15) is 0 Å². The van der Waals surface area contributed by atoms with Gasteiger partial charge in [-0.25, -0.2) is 0 Å². The summed E-state index contributed by atoms with van der Waals surface area (Å²) in [5, 5.41) is 48.1. The third kappa shape index (κ3) is 41.9. The third-order valence-electron chi connectivity index (χ3n) is 21.0. The Balaban J connectivity index is 0.000000806. The van der Waals surface area contributed by atoms with Crippen LogP contribution in [0.15, 0.2) is 235 Å². The summed E-state index contributed by atoms with van der Waals surface area (Å²) in [5.41, 5.74) is 41.9. The topological polar surface area (TPSA) is 251 Å². The molecule has 5 N–H and O–H groups in total. The molecule has 0 atom stereocenters. The number of aryl methyl sites for hydroxylation is 19. The maximum atomic E-state index is 10.0. The summed E-state index contributed by atoms with van der Waals surface area (Å²) in [5.74, 6) is -0.312. The molecule has 0 bridgehead atoms. The number of ketones is 5. The number of carbonyl (C=O) groups excluding carboxylic acids is 5. The van der Waals surface area contributed by atoms with Crippen LogP contribution in [-0.2, 0) is 124 Å². The predicted molar refractivity (Wildman–Crippen MR) is 565 cm³/mol. The molecule has 15 rings (SSSR count). The van der Waals surface area contributed by atoms with E-state index in [9.17, 15) is 24.0 Å². The number of fused-ring (bicyclic) bond motifs is 5. The number of rotatable bonds is 10. The van der Waals surface area contributed by atoms with Crippen molar-refractivity contribution in [3.8, 4) is 56.3 Å². The fourth-order valence-corrected chi connectivity index (χ4v) is 15.5. The number of allylic oxidation sites excluding steroid dienone is 10. The first-order valence-corrected chi connectivity index (χ1v) is 45.1. The van der Waals surface area contributed by atoms with Crippen molar-refractivity contribution in [1.29, 1.82) is 0 Å². The molecule has 5 aromatic heterocycles. The van der Waals surface area contributed by atoms with Crippen LogP contribution in [0.5, 0.6) is 0 Å². The van der Waals surface area contributed by atoms with E-state index < -0.39 is 0 Å². The third-order valence-corrected chi connectivity index (χ3v) is 21.0. The Morgan fingerprint density at radius 3 is 0.872 bits per heavy atom. The van der Waals surface area contributed by atoms with Crippen molar-refractivity contribution in [3.63, 3.8) is 0 Å². The van der Waals surface area contributed by atoms with Crippen molar-refractivity contribution in [2.45, 2.75) is 215 Å². The summed E-state index contributed by atoms with van der Waals surface area (Å²) in [6.07, 6.45) is 5.83. The summed E-state index contributed by atoms with van der Waals surface area (Å²) >= 11 is 0. The molecule has 0 aliphatic heterocycles. The summed E-state index contributed by atoms with van der Waals surface area (Å²) in [7, 11) is 0. The number of para-hydroxylation sites is 1. The molecule has 0 amide bonds. The number of pyridine rings is 5. The zero-order valence-corrected chi connectivity index (χ0v) is 98.8. The number of aliphatic hydroxyl groups is 5. The largest absolute Gasteiger partial charge is 0.512 e. The van der Waals surface area contributed by atoms with Crippen LogP contribution in [0.25, 0.3) is 111 Å². The minimum absolute atomic E-state index is 0. The van der Waals surface area contributed by atoms with Gasteiger partial charge in [-0.15, -0.1) is 174 Å². The van der Waals surface area contributed by atoms with Crippen molar-refractivity contribution in [3.05, 3.63) is 382 Å². The van der Waals surface area contributed by atoms with E-state index >= 15 is 0 Å². The van der Waals surface area contributed by atoms with E-state index in [1.54, 1.807) is 0 Å². The summed E-state index contributed by atoms with van der Waals surface area (Å²) in [6.45, 7) is 58.9. The van der Waals surface area contributed by atoms with Gasteiger partial charge in [0.15, 0.2) is 28.9 Å². The van der Waals surface area contributed by atoms with Gasteiger partial charge in [0.25, 0.3) is 0 Å². The van der Waals surface area contributed by atoms with Crippen LogP contribution in [0.4, 0.5) is 0 Å². The van der Waals surface area contributed by atoms with E-state index in [0.717, 1.165) is 112 Å². The minimum atomic E-state index is -0.125. The average molecular weight is 2780 g/mol. The van der Waals surface area contributed by atoms with E-state index in [2.05, 4.69) is 346 Å². The van der Waals surface area contributed by atoms with Gasteiger partial charge in [0, 0.05) is 158 Å². The van der Waals surface area contributed by atoms with Gasteiger partial charge in [0.05, 0.1) is 56.4 Å². The van der Waals surface area contributed by atoms with Crippen LogP contribution in [0.3, 0.4) is 0 Å². The molecule has 0 aliphatic rings. The zero-order chi connectivity index (χ0) is 102. The standard InChI is InChI=1S/C20H20N.4C19H18N.5C5H8O2.5Ir/c1-12-9-13(2)11-17(10-12)20-16(5)15(4)19-14(3)7-6-8-18(19)21-20;1-12-5-6-18-17(10-12)15(4)11-19(20-18)16-8-13(2)7-14(3)9-16;1-12-5-6-17-15(4)11-18(20-19(17)10-12)16-8-13(2)7-14(3)9-16;1-12-8-13(2)10-16(9-12)18-11-15(4)19-14(3)6-5-7-17(19)20-18;1-12-9-13(2)11-16(10-12)19-15(4)14(3)17-7-5-6-8-18(17)20-19;5*1-4(6)3-5(2)7;;;;;/h6-10H,1-5H3;2*5-8,10-11H,1-4H3;5-9,11H,1-4H3;5-10H,1-4H3;5*3,6H,1-2H3;;;;;/q5*-1;;;;;;;;;;. The number of nitrogens with zero attached hydrogens (tertiary/aromatic N) is 5. The predicted octanol–water partition coefficient (Wildman–Crippen LogP) is 30.2. The van der Waals surface area contributed by atoms with Gasteiger partial charge >= 0.3 is 0 Å². The second kappa shape index (κ2) is 60.7. The molecule has 0 aliphatic carbocycles. The van der Waals surface area contributed by atoms with Crippen LogP contribution >= 0.6 is 0 Å². The molecule has 141 heavy (non-hydrogen) atoms. The van der Waals surface area contributed by atoms with Crippen LogP contribution in [-0.4, -0.2) is 79.4 Å². The van der Waals surface area contributed by atoms with Gasteiger partial charge in [-0.3, -0.25) is 48.9 Å². The smallest absolute Gasteiger partial charge is 0.155 e. The second-order valence-electron chi connectivity index (χ2n) is 35.1. The summed E-state index contributed by atoms with van der Waals surface area (Å²) in [6, 6.07) is 78.9. The van der Waals surface area contributed by atoms with E-state index in [0.29, 0.717) is 0 Å². The van der Waals surface area contributed by atoms with Crippen molar-refractivity contribution in [2.75, 3.05) is 0 Å². The van der Waals surface area contributed by atoms with Crippen molar-refractivity contribution in [1.82, 2.24) is 24.9 Å². The fraction of sp³-hybridized carbons (Fsp3) is 0.256. The average Bonchev–Trinajstić information content (AvgIpc) is 0.736. The number of benzene rings is 10. The van der Waals surface area contributed by atoms with E-state index in [-0.39, 0.29) is 158 Å². The normalized spacial score (nSPS) is 10.7. The first kappa shape index (κ1) is 128. The molecule has 0 unspecified atom stereocenters. The molecule has 5 radical (unpaired) electrons. The van der Waals surface area contributed by atoms with Crippen molar-refractivity contribution in [2.24, 2.45) is 0 Å². The molecular weight excluding hydrogens is 2640 g/mol. The van der Waals surface area contributed by atoms with Gasteiger partial charge in [-0.05, 0) is 255 Å². The Hall–Kier alpha value is -11.5. The maximum absolute atomic E-state index is 10.0. The Morgan fingerprint density at radius 2 is 0.511 bits per heavy atom. The molecule has 10 aromatic carbocycles. The number of carbonyl (C=O) groups is 5. The molecule has 0 fully saturated rings. The Morgan fingerprint density at radius 1 is 0.227 bits per heavy atom. The number of aromatic nitrogens is 5. The first-order chi connectivity index (χ1) is 63.7. The quantitative estimate of drug-likeness (QED) is 0.0485. The maximum Gasteiger partial charge on any atom is 0.155 e. The number of hydrogen-bond donors (Lipinski definition) is 5. The van der Waals surface area contributed by atoms with Crippen LogP contribution < -0.4 is 0 Å². The van der Waals surface area contributed by atoms with Gasteiger partial charge in [0.2, 0.25) is 0 Å². The number of hydrogen-bond acceptors (Lipinski definition) is 15. The second-order valence-corrected chi connectivity index (χ2v) is 35.1. The SMILES string of the molecule is CC(=O)C=C(C)O.CC(=O)C=C(C)O.CC(=O)C=C(C)O.CC(=O)C=C(C)O.CC(=O)C=C(C)O.Cc1[c-]c(-c2cc(C)c3c(C)cccc3n2)cc(C)c1.Cc1[c-]c(-c2cc(C)c3cc(C)ccc3n2)cc(C)c1.Cc1[c-]c(-c2cc(C)c3ccc(C)cc3n2)cc(C)c1.Cc1[c-]c(-c2nc3cccc(C)c3c(C)c2C)cc(C)c1.Cc1[c-]c(-c2nc3ccccc3c(C)c2C)cc(C)c1.[Ir].[Ir].[Ir].[Ir].[Ir]. The zero-order valence-electron chi connectivity index (χ0n) is 86.8. The van der Waals surface area contributed by atoms with Gasteiger partial charge < -0.3 is 25.5 Å².